The number of ether oxygens (including phenoxy) is 1. The van der Waals surface area contributed by atoms with Crippen molar-refractivity contribution in [2.24, 2.45) is 0 Å². The number of aromatic nitrogens is 2. The van der Waals surface area contributed by atoms with Crippen LogP contribution in [0.1, 0.15) is 6.23 Å². The van der Waals surface area contributed by atoms with E-state index in [-0.39, 0.29) is 0 Å². The minimum Gasteiger partial charge on any atom is -0.394 e. The van der Waals surface area contributed by atoms with Crippen molar-refractivity contribution in [2.45, 2.75) is 24.5 Å². The molecule has 1 aromatic rings. The number of aliphatic hydroxyl groups excluding tert-OH is 3. The predicted molar refractivity (Wildman–Crippen MR) is 54.3 cm³/mol. The molecule has 0 radical (unpaired) electrons. The zero-order valence-electron chi connectivity index (χ0n) is 8.68. The van der Waals surface area contributed by atoms with Crippen LogP contribution in [0.2, 0.25) is 0 Å². The van der Waals surface area contributed by atoms with E-state index in [9.17, 15) is 19.8 Å². The Hall–Kier alpha value is -1.48. The normalized spacial score (nSPS) is 32.9. The molecule has 0 bridgehead atoms. The lowest BCUT2D eigenvalue weighted by molar-refractivity contribution is -0.0550. The molecule has 0 unspecified atom stereocenters. The Bertz CT molecular complexity index is 509. The molecule has 1 aliphatic heterocycles. The van der Waals surface area contributed by atoms with Crippen LogP contribution in [-0.4, -0.2) is 49.8 Å². The molecule has 2 heterocycles. The lowest BCUT2D eigenvalue weighted by Gasteiger charge is -2.16. The van der Waals surface area contributed by atoms with Gasteiger partial charge in [0.15, 0.2) is 6.23 Å². The maximum atomic E-state index is 11.4. The summed E-state index contributed by atoms with van der Waals surface area (Å²) in [4.78, 5) is 24.3. The third-order valence-electron chi connectivity index (χ3n) is 2.64. The van der Waals surface area contributed by atoms with Crippen molar-refractivity contribution in [1.29, 1.82) is 0 Å². The van der Waals surface area contributed by atoms with E-state index in [4.69, 9.17) is 9.84 Å². The maximum absolute atomic E-state index is 11.4. The third-order valence-corrected chi connectivity index (χ3v) is 2.64. The second kappa shape index (κ2) is 4.41. The number of H-pyrrole nitrogens is 1. The van der Waals surface area contributed by atoms with Gasteiger partial charge in [0.2, 0.25) is 0 Å². The largest absolute Gasteiger partial charge is 0.394 e. The number of aliphatic hydroxyl groups is 3. The summed E-state index contributed by atoms with van der Waals surface area (Å²) in [6.07, 6.45) is -3.58. The van der Waals surface area contributed by atoms with Crippen LogP contribution >= 0.6 is 0 Å². The molecule has 4 N–H and O–H groups in total. The molecular weight excluding hydrogens is 234 g/mol. The Morgan fingerprint density at radius 1 is 1.53 bits per heavy atom. The summed E-state index contributed by atoms with van der Waals surface area (Å²) in [6.45, 7) is -0.479. The molecule has 94 valence electrons. The minimum absolute atomic E-state index is 0.479. The number of hydrogen-bond acceptors (Lipinski definition) is 6. The van der Waals surface area contributed by atoms with Crippen molar-refractivity contribution in [3.8, 4) is 0 Å². The second-order valence-electron chi connectivity index (χ2n) is 3.75. The molecule has 8 heteroatoms. The average Bonchev–Trinajstić information content (AvgIpc) is 2.57. The molecule has 0 spiro atoms. The highest BCUT2D eigenvalue weighted by Gasteiger charge is 2.43. The summed E-state index contributed by atoms with van der Waals surface area (Å²) in [5.74, 6) is 0. The Morgan fingerprint density at radius 2 is 2.24 bits per heavy atom. The van der Waals surface area contributed by atoms with Crippen LogP contribution in [0.15, 0.2) is 21.9 Å². The quantitative estimate of drug-likeness (QED) is 0.416. The predicted octanol–water partition coefficient (Wildman–Crippen LogP) is -2.85. The van der Waals surface area contributed by atoms with Crippen LogP contribution in [0.5, 0.6) is 0 Å². The van der Waals surface area contributed by atoms with E-state index in [0.717, 1.165) is 16.8 Å². The highest BCUT2D eigenvalue weighted by Crippen LogP contribution is 2.27. The fraction of sp³-hybridized carbons (Fsp3) is 0.556. The van der Waals surface area contributed by atoms with Crippen LogP contribution < -0.4 is 11.2 Å². The van der Waals surface area contributed by atoms with Crippen molar-refractivity contribution >= 4 is 0 Å². The van der Waals surface area contributed by atoms with E-state index in [2.05, 4.69) is 0 Å². The standard InChI is InChI=1S/C9H12N2O6/c12-3-4-6(14)7(15)8(17-4)11-2-1-5(13)10-9(11)16/h1-2,4,6-8,12,14-15H,3H2,(H,10,13,16)/t4-,6-,7-,8-/m1/s1/i15+2. The molecule has 0 saturated carbocycles. The van der Waals surface area contributed by atoms with Crippen LogP contribution in [-0.2, 0) is 4.74 Å². The second-order valence-corrected chi connectivity index (χ2v) is 3.75. The zero-order chi connectivity index (χ0) is 12.6. The summed E-state index contributed by atoms with van der Waals surface area (Å²) in [5, 5.41) is 28.1. The number of aromatic amines is 1. The van der Waals surface area contributed by atoms with Gasteiger partial charge < -0.3 is 20.1 Å². The van der Waals surface area contributed by atoms with Crippen molar-refractivity contribution in [3.63, 3.8) is 0 Å². The van der Waals surface area contributed by atoms with E-state index in [1.807, 2.05) is 4.98 Å². The van der Waals surface area contributed by atoms with Crippen molar-refractivity contribution in [3.05, 3.63) is 33.1 Å². The first-order valence-electron chi connectivity index (χ1n) is 4.98. The Morgan fingerprint density at radius 3 is 2.76 bits per heavy atom. The Balaban J connectivity index is 2.35. The van der Waals surface area contributed by atoms with Crippen molar-refractivity contribution < 1.29 is 20.1 Å². The smallest absolute Gasteiger partial charge is 0.330 e. The van der Waals surface area contributed by atoms with Gasteiger partial charge in [-0.05, 0) is 0 Å². The van der Waals surface area contributed by atoms with Gasteiger partial charge in [-0.1, -0.05) is 0 Å². The lowest BCUT2D eigenvalue weighted by Crippen LogP contribution is -2.37. The van der Waals surface area contributed by atoms with Gasteiger partial charge >= 0.3 is 5.69 Å². The summed E-state index contributed by atoms with van der Waals surface area (Å²) in [6, 6.07) is 1.09. The number of rotatable bonds is 2. The molecule has 1 fully saturated rings. The summed E-state index contributed by atoms with van der Waals surface area (Å²) in [5.41, 5.74) is -1.33. The topological polar surface area (TPSA) is 125 Å². The van der Waals surface area contributed by atoms with Gasteiger partial charge in [-0.3, -0.25) is 14.3 Å². The highest BCUT2D eigenvalue weighted by atomic mass is 18.2. The van der Waals surface area contributed by atoms with E-state index in [1.54, 1.807) is 0 Å². The van der Waals surface area contributed by atoms with Crippen LogP contribution in [0.25, 0.3) is 0 Å². The SMILES string of the molecule is O=c1ccn([C@@H]2O[C@H](CO)[C@@H](O)[C@H]2[18OH])c(=O)[nH]1. The zero-order valence-corrected chi connectivity index (χ0v) is 8.68. The molecule has 1 aromatic heterocycles. The summed E-state index contributed by atoms with van der Waals surface area (Å²) >= 11 is 0. The third kappa shape index (κ3) is 2.03. The maximum Gasteiger partial charge on any atom is 0.330 e. The number of hydrogen-bond donors (Lipinski definition) is 4. The number of nitrogens with zero attached hydrogens (tertiary/aromatic N) is 1. The lowest BCUT2D eigenvalue weighted by atomic mass is 10.1. The molecule has 8 nitrogen and oxygen atoms in total. The van der Waals surface area contributed by atoms with Crippen molar-refractivity contribution in [1.82, 2.24) is 9.55 Å². The van der Waals surface area contributed by atoms with E-state index < -0.39 is 42.4 Å². The first kappa shape index (κ1) is 12.0. The minimum atomic E-state index is -1.35. The first-order chi connectivity index (χ1) is 8.04. The van der Waals surface area contributed by atoms with Gasteiger partial charge in [0.25, 0.3) is 5.56 Å². The molecule has 0 aromatic carbocycles. The summed E-state index contributed by atoms with van der Waals surface area (Å²) in [7, 11) is 0. The van der Waals surface area contributed by atoms with E-state index >= 15 is 0 Å². The van der Waals surface area contributed by atoms with Gasteiger partial charge in [-0.15, -0.1) is 0 Å². The fourth-order valence-corrected chi connectivity index (χ4v) is 1.74. The van der Waals surface area contributed by atoms with Gasteiger partial charge in [0, 0.05) is 12.3 Å². The van der Waals surface area contributed by atoms with Crippen LogP contribution in [0, 0.1) is 0 Å². The molecule has 0 amide bonds. The van der Waals surface area contributed by atoms with Crippen LogP contribution in [0.3, 0.4) is 0 Å². The van der Waals surface area contributed by atoms with Gasteiger partial charge in [-0.25, -0.2) is 4.79 Å². The summed E-state index contributed by atoms with van der Waals surface area (Å²) < 4.78 is 6.08. The molecule has 2 rings (SSSR count). The monoisotopic (exact) mass is 246 g/mol. The fourth-order valence-electron chi connectivity index (χ4n) is 1.74. The van der Waals surface area contributed by atoms with E-state index in [1.165, 1.54) is 0 Å². The molecule has 1 aliphatic rings. The molecule has 4 atom stereocenters. The van der Waals surface area contributed by atoms with Crippen molar-refractivity contribution in [2.75, 3.05) is 6.61 Å². The average molecular weight is 246 g/mol. The van der Waals surface area contributed by atoms with E-state index in [0.29, 0.717) is 0 Å². The van der Waals surface area contributed by atoms with Gasteiger partial charge in [0.1, 0.15) is 18.3 Å². The molecule has 1 saturated heterocycles. The first-order valence-corrected chi connectivity index (χ1v) is 4.98. The van der Waals surface area contributed by atoms with Gasteiger partial charge in [-0.2, -0.15) is 0 Å². The Kier molecular flexibility index (Phi) is 3.11. The molecule has 0 aliphatic carbocycles. The van der Waals surface area contributed by atoms with Gasteiger partial charge in [0.05, 0.1) is 6.61 Å². The molecule has 17 heavy (non-hydrogen) atoms. The Labute approximate surface area is 94.7 Å². The van der Waals surface area contributed by atoms with Crippen LogP contribution in [0.4, 0.5) is 0 Å². The highest BCUT2D eigenvalue weighted by molar-refractivity contribution is 4.92. The number of nitrogens with one attached hydrogen (secondary N) is 1. The molecular formula is C9H12N2O6.